The monoisotopic (exact) mass is 324 g/mol. The third kappa shape index (κ3) is 1.81. The molecule has 0 amide bonds. The van der Waals surface area contributed by atoms with E-state index in [9.17, 15) is 0 Å². The number of rotatable bonds is 0. The first kappa shape index (κ1) is 13.9. The molecule has 0 fully saturated rings. The van der Waals surface area contributed by atoms with Crippen LogP contribution in [0.4, 0.5) is 5.69 Å². The highest BCUT2D eigenvalue weighted by Gasteiger charge is 2.30. The largest absolute Gasteiger partial charge is 0.457 e. The van der Waals surface area contributed by atoms with Crippen molar-refractivity contribution in [1.82, 2.24) is 4.98 Å². The number of fused-ring (bicyclic) bond motifs is 3. The van der Waals surface area contributed by atoms with Crippen molar-refractivity contribution in [2.24, 2.45) is 7.05 Å². The van der Waals surface area contributed by atoms with Gasteiger partial charge in [0.2, 0.25) is 5.69 Å². The molecular weight excluding hydrogens is 310 g/mol. The van der Waals surface area contributed by atoms with Gasteiger partial charge >= 0.3 is 0 Å². The van der Waals surface area contributed by atoms with Gasteiger partial charge in [-0.3, -0.25) is 4.98 Å². The molecule has 0 atom stereocenters. The number of aryl methyl sites for hydroxylation is 2. The highest BCUT2D eigenvalue weighted by atomic mass is 16.5. The first-order valence-corrected chi connectivity index (χ1v) is 8.07. The van der Waals surface area contributed by atoms with Crippen LogP contribution in [-0.4, -0.2) is 4.98 Å². The lowest BCUT2D eigenvalue weighted by Crippen LogP contribution is -2.31. The molecule has 1 aliphatic rings. The summed E-state index contributed by atoms with van der Waals surface area (Å²) in [7, 11) is 2.05. The number of ether oxygens (including phenoxy) is 1. The van der Waals surface area contributed by atoms with Gasteiger partial charge in [-0.1, -0.05) is 0 Å². The highest BCUT2D eigenvalue weighted by Crippen LogP contribution is 2.49. The Morgan fingerprint density at radius 1 is 1.12 bits per heavy atom. The predicted octanol–water partition coefficient (Wildman–Crippen LogP) is 4.84. The van der Waals surface area contributed by atoms with Crippen molar-refractivity contribution in [3.63, 3.8) is 0 Å². The van der Waals surface area contributed by atoms with E-state index in [1.165, 1.54) is 10.9 Å². The molecule has 4 heteroatoms. The number of pyridine rings is 2. The molecule has 2 aromatic carbocycles. The summed E-state index contributed by atoms with van der Waals surface area (Å²) in [5, 5.41) is 4.31. The van der Waals surface area contributed by atoms with Crippen molar-refractivity contribution in [2.45, 2.75) is 6.92 Å². The molecule has 0 radical (unpaired) electrons. The molecule has 0 saturated heterocycles. The first-order chi connectivity index (χ1) is 12.2. The smallest absolute Gasteiger partial charge is 0.227 e. The Balaban J connectivity index is 1.99. The minimum atomic E-state index is 0.588. The summed E-state index contributed by atoms with van der Waals surface area (Å²) in [6.07, 6.45) is 5.72. The molecule has 1 aliphatic heterocycles. The molecule has 25 heavy (non-hydrogen) atoms. The Bertz CT molecular complexity index is 1250. The van der Waals surface area contributed by atoms with E-state index in [1.54, 1.807) is 0 Å². The molecule has 4 aromatic rings. The van der Waals surface area contributed by atoms with E-state index in [4.69, 9.17) is 11.3 Å². The minimum Gasteiger partial charge on any atom is -0.457 e. The van der Waals surface area contributed by atoms with E-state index in [1.807, 2.05) is 56.0 Å². The van der Waals surface area contributed by atoms with Gasteiger partial charge in [0.1, 0.15) is 18.5 Å². The maximum absolute atomic E-state index is 7.35. The van der Waals surface area contributed by atoms with Gasteiger partial charge in [0.25, 0.3) is 0 Å². The zero-order chi connectivity index (χ0) is 17.1. The fraction of sp³-hybridized carbons (Fsp3) is 0.0952. The Hall–Kier alpha value is -3.45. The van der Waals surface area contributed by atoms with Crippen LogP contribution in [0.15, 0.2) is 48.9 Å². The summed E-state index contributed by atoms with van der Waals surface area (Å²) in [6, 6.07) is 9.86. The van der Waals surface area contributed by atoms with Crippen LogP contribution in [-0.2, 0) is 7.05 Å². The lowest BCUT2D eigenvalue weighted by molar-refractivity contribution is -0.659. The third-order valence-electron chi connectivity index (χ3n) is 4.93. The molecule has 5 rings (SSSR count). The fourth-order valence-electron chi connectivity index (χ4n) is 3.79. The molecule has 0 bridgehead atoms. The Morgan fingerprint density at radius 2 is 2.00 bits per heavy atom. The number of hydrogen-bond acceptors (Lipinski definition) is 2. The Labute approximate surface area is 144 Å². The lowest BCUT2D eigenvalue weighted by Gasteiger charge is -2.22. The molecule has 0 aliphatic carbocycles. The quantitative estimate of drug-likeness (QED) is 0.301. The van der Waals surface area contributed by atoms with Gasteiger partial charge in [-0.15, -0.1) is 0 Å². The van der Waals surface area contributed by atoms with E-state index >= 15 is 0 Å². The molecule has 0 unspecified atom stereocenters. The van der Waals surface area contributed by atoms with Crippen LogP contribution in [0.1, 0.15) is 5.56 Å². The maximum Gasteiger partial charge on any atom is 0.227 e. The third-order valence-corrected chi connectivity index (χ3v) is 4.93. The molecule has 118 valence electrons. The van der Waals surface area contributed by atoms with Crippen LogP contribution in [0.5, 0.6) is 11.5 Å². The lowest BCUT2D eigenvalue weighted by atomic mass is 9.92. The number of benzene rings is 2. The number of nitrogens with zero attached hydrogens (tertiary/aromatic N) is 3. The molecule has 3 heterocycles. The van der Waals surface area contributed by atoms with Gasteiger partial charge in [0.05, 0.1) is 17.5 Å². The summed E-state index contributed by atoms with van der Waals surface area (Å²) in [6.45, 7) is 9.47. The van der Waals surface area contributed by atoms with Gasteiger partial charge in [-0.05, 0) is 47.5 Å². The Kier molecular flexibility index (Phi) is 2.66. The summed E-state index contributed by atoms with van der Waals surface area (Å²) in [4.78, 5) is 7.81. The molecule has 2 aromatic heterocycles. The van der Waals surface area contributed by atoms with Crippen LogP contribution in [0, 0.1) is 13.5 Å². The Morgan fingerprint density at radius 3 is 2.84 bits per heavy atom. The molecule has 0 spiro atoms. The zero-order valence-electron chi connectivity index (χ0n) is 13.9. The first-order valence-electron chi connectivity index (χ1n) is 8.07. The van der Waals surface area contributed by atoms with E-state index in [0.717, 1.165) is 38.9 Å². The summed E-state index contributed by atoms with van der Waals surface area (Å²) < 4.78 is 8.38. The van der Waals surface area contributed by atoms with Crippen molar-refractivity contribution in [3.8, 4) is 22.8 Å². The fourth-order valence-corrected chi connectivity index (χ4v) is 3.79. The van der Waals surface area contributed by atoms with Crippen molar-refractivity contribution >= 4 is 27.2 Å². The second kappa shape index (κ2) is 4.78. The maximum atomic E-state index is 7.35. The van der Waals surface area contributed by atoms with E-state index in [-0.39, 0.29) is 0 Å². The van der Waals surface area contributed by atoms with E-state index in [2.05, 4.69) is 21.3 Å². The average Bonchev–Trinajstić information content (AvgIpc) is 2.63. The van der Waals surface area contributed by atoms with Gasteiger partial charge in [-0.25, -0.2) is 9.41 Å². The molecule has 4 nitrogen and oxygen atoms in total. The van der Waals surface area contributed by atoms with Crippen molar-refractivity contribution in [3.05, 3.63) is 65.9 Å². The molecule has 0 N–H and O–H groups in total. The number of aromatic nitrogens is 2. The number of hydrogen-bond donors (Lipinski definition) is 0. The van der Waals surface area contributed by atoms with Crippen molar-refractivity contribution < 1.29 is 9.30 Å². The summed E-state index contributed by atoms with van der Waals surface area (Å²) in [5.74, 6) is 1.56. The van der Waals surface area contributed by atoms with Crippen LogP contribution in [0.2, 0.25) is 0 Å². The second-order valence-corrected chi connectivity index (χ2v) is 6.37. The minimum absolute atomic E-state index is 0.588. The normalized spacial score (nSPS) is 11.9. The molecule has 0 saturated carbocycles. The topological polar surface area (TPSA) is 30.4 Å². The van der Waals surface area contributed by atoms with Crippen molar-refractivity contribution in [1.29, 1.82) is 0 Å². The SMILES string of the molecule is [C-]#[N+]c1cc2c3c([n+](C)ccc3c1)-c1c(cc3cnccc3c1C)O2. The summed E-state index contributed by atoms with van der Waals surface area (Å²) in [5.41, 5.74) is 4.00. The zero-order valence-corrected chi connectivity index (χ0v) is 13.9. The van der Waals surface area contributed by atoms with Gasteiger partial charge < -0.3 is 4.74 Å². The van der Waals surface area contributed by atoms with Crippen LogP contribution >= 0.6 is 0 Å². The van der Waals surface area contributed by atoms with Gasteiger partial charge in [0.15, 0.2) is 11.9 Å². The van der Waals surface area contributed by atoms with E-state index in [0.29, 0.717) is 5.69 Å². The predicted molar refractivity (Wildman–Crippen MR) is 96.9 cm³/mol. The second-order valence-electron chi connectivity index (χ2n) is 6.37. The highest BCUT2D eigenvalue weighted by molar-refractivity contribution is 6.06. The summed E-state index contributed by atoms with van der Waals surface area (Å²) >= 11 is 0. The standard InChI is InChI=1S/C21H14N3O/c1-12-16-4-6-23-11-14(16)9-17-19(12)21-20-13(5-7-24(21)3)8-15(22-2)10-18(20)25-17/h4-11H,1,3H3/q+1. The van der Waals surface area contributed by atoms with Crippen molar-refractivity contribution in [2.75, 3.05) is 0 Å². The van der Waals surface area contributed by atoms with E-state index < -0.39 is 0 Å². The van der Waals surface area contributed by atoms with Gasteiger partial charge in [0, 0.05) is 23.8 Å². The van der Waals surface area contributed by atoms with Gasteiger partial charge in [-0.2, -0.15) is 0 Å². The van der Waals surface area contributed by atoms with Crippen LogP contribution in [0.3, 0.4) is 0 Å². The van der Waals surface area contributed by atoms with Crippen LogP contribution < -0.4 is 9.30 Å². The van der Waals surface area contributed by atoms with Crippen LogP contribution in [0.25, 0.3) is 37.6 Å². The average molecular weight is 324 g/mol. The molecular formula is C21H14N3O+.